The number of rotatable bonds is 5. The van der Waals surface area contributed by atoms with Crippen LogP contribution in [0.4, 0.5) is 5.69 Å². The van der Waals surface area contributed by atoms with Gasteiger partial charge in [-0.3, -0.25) is 0 Å². The van der Waals surface area contributed by atoms with Crippen LogP contribution < -0.4 is 9.64 Å². The Labute approximate surface area is 246 Å². The van der Waals surface area contributed by atoms with Crippen LogP contribution in [0, 0.1) is 11.8 Å². The number of morpholine rings is 1. The molecule has 0 radical (unpaired) electrons. The highest BCUT2D eigenvalue weighted by Crippen LogP contribution is 2.60. The maximum Gasteiger partial charge on any atom is 0.127 e. The highest BCUT2D eigenvalue weighted by Gasteiger charge is 2.48. The van der Waals surface area contributed by atoms with E-state index in [9.17, 15) is 5.11 Å². The van der Waals surface area contributed by atoms with Gasteiger partial charge in [0.15, 0.2) is 0 Å². The molecule has 4 aromatic carbocycles. The summed E-state index contributed by atoms with van der Waals surface area (Å²) in [6, 6.07) is 23.5. The zero-order chi connectivity index (χ0) is 28.8. The summed E-state index contributed by atoms with van der Waals surface area (Å²) in [7, 11) is 1.72. The van der Waals surface area contributed by atoms with Gasteiger partial charge >= 0.3 is 0 Å². The van der Waals surface area contributed by atoms with Crippen molar-refractivity contribution in [3.05, 3.63) is 88.3 Å². The topological polar surface area (TPSA) is 90.7 Å². The molecule has 4 aromatic rings. The number of phenols is 1. The third kappa shape index (κ3) is 4.27. The van der Waals surface area contributed by atoms with E-state index in [1.165, 1.54) is 27.9 Å². The lowest BCUT2D eigenvalue weighted by Gasteiger charge is -2.43. The molecule has 3 unspecified atom stereocenters. The first kappa shape index (κ1) is 26.7. The van der Waals surface area contributed by atoms with Gasteiger partial charge in [0.25, 0.3) is 0 Å². The van der Waals surface area contributed by atoms with Crippen LogP contribution in [0.1, 0.15) is 37.3 Å². The van der Waals surface area contributed by atoms with Gasteiger partial charge in [0.2, 0.25) is 0 Å². The van der Waals surface area contributed by atoms with E-state index in [1.807, 2.05) is 6.07 Å². The fourth-order valence-electron chi connectivity index (χ4n) is 8.07. The Bertz CT molecular complexity index is 1710. The SMILES string of the molecule is COc1cc2c3c(cc(O)c2cc1-c1ccc(N2CCOCC2)cc1)C1(CC(C)CC(CN=[N+]=[N-])C1)c1ccccc1-3. The number of hydrogen-bond acceptors (Lipinski definition) is 5. The van der Waals surface area contributed by atoms with Crippen LogP contribution in [0.15, 0.2) is 71.8 Å². The molecule has 1 spiro atoms. The Balaban J connectivity index is 1.38. The summed E-state index contributed by atoms with van der Waals surface area (Å²) in [6.45, 7) is 6.09. The van der Waals surface area contributed by atoms with Crippen molar-refractivity contribution in [2.45, 2.75) is 31.6 Å². The van der Waals surface area contributed by atoms with Crippen molar-refractivity contribution in [1.82, 2.24) is 0 Å². The third-order valence-electron chi connectivity index (χ3n) is 9.69. The van der Waals surface area contributed by atoms with Gasteiger partial charge in [0.05, 0.1) is 20.3 Å². The smallest absolute Gasteiger partial charge is 0.127 e. The predicted molar refractivity (Wildman–Crippen MR) is 167 cm³/mol. The second kappa shape index (κ2) is 10.6. The van der Waals surface area contributed by atoms with Gasteiger partial charge in [-0.15, -0.1) is 0 Å². The number of benzene rings is 4. The van der Waals surface area contributed by atoms with Gasteiger partial charge in [-0.25, -0.2) is 0 Å². The summed E-state index contributed by atoms with van der Waals surface area (Å²) < 4.78 is 11.5. The van der Waals surface area contributed by atoms with E-state index in [0.29, 0.717) is 18.4 Å². The van der Waals surface area contributed by atoms with E-state index in [-0.39, 0.29) is 11.2 Å². The van der Waals surface area contributed by atoms with Crippen molar-refractivity contribution in [1.29, 1.82) is 0 Å². The molecular weight excluding hydrogens is 524 g/mol. The first-order valence-corrected chi connectivity index (χ1v) is 14.9. The summed E-state index contributed by atoms with van der Waals surface area (Å²) in [5, 5.41) is 17.4. The standard InChI is InChI=1S/C35H36N4O3/c1-22-15-23(21-37-38-36)20-35(19-22)30-6-4-3-5-26(30)34-29-17-33(41-2)27(16-28(29)32(40)18-31(34)35)24-7-9-25(10-8-24)39-11-13-42-14-12-39/h3-10,16-18,22-23,40H,11-15,19-21H2,1-2H3. The maximum atomic E-state index is 11.6. The van der Waals surface area contributed by atoms with Crippen LogP contribution in [-0.4, -0.2) is 45.1 Å². The minimum atomic E-state index is -0.230. The van der Waals surface area contributed by atoms with Crippen LogP contribution in [-0.2, 0) is 10.2 Å². The molecule has 0 aromatic heterocycles. The second-order valence-electron chi connectivity index (χ2n) is 12.2. The average molecular weight is 561 g/mol. The largest absolute Gasteiger partial charge is 0.507 e. The Morgan fingerprint density at radius 3 is 2.55 bits per heavy atom. The van der Waals surface area contributed by atoms with E-state index >= 15 is 0 Å². The molecule has 1 saturated carbocycles. The molecule has 3 aliphatic rings. The Morgan fingerprint density at radius 1 is 1.00 bits per heavy atom. The molecule has 1 aliphatic heterocycles. The Kier molecular flexibility index (Phi) is 6.72. The number of fused-ring (bicyclic) bond motifs is 7. The van der Waals surface area contributed by atoms with Gasteiger partial charge in [0, 0.05) is 46.6 Å². The molecule has 2 aliphatic carbocycles. The lowest BCUT2D eigenvalue weighted by Crippen LogP contribution is -2.36. The first-order chi connectivity index (χ1) is 20.5. The van der Waals surface area contributed by atoms with Crippen LogP contribution >= 0.6 is 0 Å². The molecule has 1 saturated heterocycles. The Hall–Kier alpha value is -4.19. The average Bonchev–Trinajstić information content (AvgIpc) is 3.28. The number of anilines is 1. The van der Waals surface area contributed by atoms with Gasteiger partial charge < -0.3 is 19.5 Å². The minimum Gasteiger partial charge on any atom is -0.507 e. The number of azide groups is 1. The minimum absolute atomic E-state index is 0.230. The molecule has 214 valence electrons. The zero-order valence-corrected chi connectivity index (χ0v) is 24.2. The normalized spacial score (nSPS) is 23.0. The van der Waals surface area contributed by atoms with Crippen LogP contribution in [0.2, 0.25) is 0 Å². The summed E-state index contributed by atoms with van der Waals surface area (Å²) >= 11 is 0. The van der Waals surface area contributed by atoms with Crippen molar-refractivity contribution < 1.29 is 14.6 Å². The maximum absolute atomic E-state index is 11.6. The van der Waals surface area contributed by atoms with Crippen LogP contribution in [0.3, 0.4) is 0 Å². The summed E-state index contributed by atoms with van der Waals surface area (Å²) in [5.74, 6) is 1.83. The molecular formula is C35H36N4O3. The lowest BCUT2D eigenvalue weighted by atomic mass is 9.61. The van der Waals surface area contributed by atoms with Crippen molar-refractivity contribution in [3.8, 4) is 33.8 Å². The molecule has 7 rings (SSSR count). The van der Waals surface area contributed by atoms with Crippen LogP contribution in [0.5, 0.6) is 11.5 Å². The molecule has 3 atom stereocenters. The van der Waals surface area contributed by atoms with Gasteiger partial charge in [-0.2, -0.15) is 0 Å². The number of methoxy groups -OCH3 is 1. The van der Waals surface area contributed by atoms with E-state index in [1.54, 1.807) is 7.11 Å². The zero-order valence-electron chi connectivity index (χ0n) is 24.2. The monoisotopic (exact) mass is 560 g/mol. The Morgan fingerprint density at radius 2 is 1.79 bits per heavy atom. The molecule has 0 bridgehead atoms. The molecule has 0 amide bonds. The van der Waals surface area contributed by atoms with E-state index in [0.717, 1.165) is 73.2 Å². The van der Waals surface area contributed by atoms with Crippen molar-refractivity contribution in [2.75, 3.05) is 44.9 Å². The first-order valence-electron chi connectivity index (χ1n) is 14.9. The molecule has 7 nitrogen and oxygen atoms in total. The number of phenolic OH excluding ortho intramolecular Hbond substituents is 1. The van der Waals surface area contributed by atoms with Crippen LogP contribution in [0.25, 0.3) is 43.5 Å². The highest BCUT2D eigenvalue weighted by molar-refractivity contribution is 6.07. The third-order valence-corrected chi connectivity index (χ3v) is 9.69. The van der Waals surface area contributed by atoms with Crippen molar-refractivity contribution in [2.24, 2.45) is 17.0 Å². The summed E-state index contributed by atoms with van der Waals surface area (Å²) in [4.78, 5) is 5.40. The highest BCUT2D eigenvalue weighted by atomic mass is 16.5. The fourth-order valence-corrected chi connectivity index (χ4v) is 8.07. The number of ether oxygens (including phenoxy) is 2. The number of aromatic hydroxyl groups is 1. The molecule has 1 N–H and O–H groups in total. The molecule has 2 fully saturated rings. The fraction of sp³-hybridized carbons (Fsp3) is 0.371. The quantitative estimate of drug-likeness (QED) is 0.152. The van der Waals surface area contributed by atoms with Crippen molar-refractivity contribution >= 4 is 16.5 Å². The molecule has 42 heavy (non-hydrogen) atoms. The van der Waals surface area contributed by atoms with E-state index < -0.39 is 0 Å². The van der Waals surface area contributed by atoms with Crippen molar-refractivity contribution in [3.63, 3.8) is 0 Å². The second-order valence-corrected chi connectivity index (χ2v) is 12.2. The number of nitrogens with zero attached hydrogens (tertiary/aromatic N) is 4. The lowest BCUT2D eigenvalue weighted by molar-refractivity contribution is 0.122. The predicted octanol–water partition coefficient (Wildman–Crippen LogP) is 8.07. The van der Waals surface area contributed by atoms with Gasteiger partial charge in [-0.05, 0) is 100 Å². The van der Waals surface area contributed by atoms with E-state index in [4.69, 9.17) is 15.0 Å². The van der Waals surface area contributed by atoms with E-state index in [2.05, 4.69) is 82.5 Å². The number of hydrogen-bond donors (Lipinski definition) is 1. The summed E-state index contributed by atoms with van der Waals surface area (Å²) in [5.41, 5.74) is 16.9. The molecule has 7 heteroatoms. The molecule has 1 heterocycles. The summed E-state index contributed by atoms with van der Waals surface area (Å²) in [6.07, 6.45) is 2.94. The van der Waals surface area contributed by atoms with Gasteiger partial charge in [-0.1, -0.05) is 48.4 Å². The van der Waals surface area contributed by atoms with Gasteiger partial charge in [0.1, 0.15) is 11.5 Å².